The molecule has 0 amide bonds. The van der Waals surface area contributed by atoms with Gasteiger partial charge < -0.3 is 9.66 Å². The van der Waals surface area contributed by atoms with Crippen molar-refractivity contribution in [1.82, 2.24) is 0 Å². The zero-order chi connectivity index (χ0) is 13.3. The molecule has 1 N–H and O–H groups in total. The van der Waals surface area contributed by atoms with Crippen LogP contribution in [0.5, 0.6) is 0 Å². The van der Waals surface area contributed by atoms with Crippen molar-refractivity contribution in [2.24, 2.45) is 0 Å². The van der Waals surface area contributed by atoms with Crippen LogP contribution in [-0.4, -0.2) is 29.4 Å². The molecule has 0 fully saturated rings. The van der Waals surface area contributed by atoms with Crippen molar-refractivity contribution in [2.75, 3.05) is 0 Å². The number of hydrogen-bond acceptors (Lipinski definition) is 4. The van der Waals surface area contributed by atoms with Crippen LogP contribution in [0.1, 0.15) is 65.2 Å². The molecule has 2 atom stereocenters. The molecule has 104 valence electrons. The van der Waals surface area contributed by atoms with Gasteiger partial charge in [0.2, 0.25) is 0 Å². The van der Waals surface area contributed by atoms with Crippen LogP contribution in [0.15, 0.2) is 0 Å². The Kier molecular flexibility index (Phi) is 14.9. The van der Waals surface area contributed by atoms with Gasteiger partial charge in [0, 0.05) is 0 Å². The van der Waals surface area contributed by atoms with E-state index in [1.165, 1.54) is 0 Å². The number of aliphatic hydroxyl groups excluding tert-OH is 1. The van der Waals surface area contributed by atoms with Crippen LogP contribution in [0, 0.1) is 0 Å². The summed E-state index contributed by atoms with van der Waals surface area (Å²) in [6.45, 7) is 3.95. The molecule has 0 saturated heterocycles. The summed E-state index contributed by atoms with van der Waals surface area (Å²) in [6.07, 6.45) is 5.22. The predicted molar refractivity (Wildman–Crippen MR) is 67.8 cm³/mol. The zero-order valence-corrected chi connectivity index (χ0v) is 15.8. The molecule has 0 aromatic rings. The molecule has 0 saturated carbocycles. The molecule has 0 spiro atoms. The summed E-state index contributed by atoms with van der Waals surface area (Å²) in [5.74, 6) is 0. The van der Waals surface area contributed by atoms with Crippen LogP contribution >= 0.6 is 0 Å². The van der Waals surface area contributed by atoms with Crippen LogP contribution < -0.4 is 51.4 Å². The van der Waals surface area contributed by atoms with Gasteiger partial charge in [-0.3, -0.25) is 0 Å². The molecule has 0 aliphatic heterocycles. The van der Waals surface area contributed by atoms with E-state index in [0.29, 0.717) is 19.3 Å². The smallest absolute Gasteiger partial charge is 0.748 e. The molecule has 0 radical (unpaired) electrons. The van der Waals surface area contributed by atoms with Gasteiger partial charge in [-0.1, -0.05) is 46.0 Å². The van der Waals surface area contributed by atoms with Crippen molar-refractivity contribution < 1.29 is 69.5 Å². The van der Waals surface area contributed by atoms with Gasteiger partial charge in [0.1, 0.15) is 0 Å². The fourth-order valence-corrected chi connectivity index (χ4v) is 2.91. The maximum atomic E-state index is 11.0. The van der Waals surface area contributed by atoms with Gasteiger partial charge in [-0.2, -0.15) is 0 Å². The molecule has 2 unspecified atom stereocenters. The van der Waals surface area contributed by atoms with Crippen molar-refractivity contribution in [1.29, 1.82) is 0 Å². The monoisotopic (exact) mass is 304 g/mol. The number of hydrogen-bond donors (Lipinski definition) is 1. The summed E-state index contributed by atoms with van der Waals surface area (Å²) in [7, 11) is -4.27. The zero-order valence-electron chi connectivity index (χ0n) is 11.9. The molecule has 18 heavy (non-hydrogen) atoms. The molecule has 0 aromatic heterocycles. The molecule has 6 heteroatoms. The van der Waals surface area contributed by atoms with E-state index in [2.05, 4.69) is 6.92 Å². The summed E-state index contributed by atoms with van der Waals surface area (Å²) in [4.78, 5) is 0. The second-order valence-electron chi connectivity index (χ2n) is 4.64. The van der Waals surface area contributed by atoms with E-state index < -0.39 is 21.5 Å². The van der Waals surface area contributed by atoms with Gasteiger partial charge in [0.15, 0.2) is 0 Å². The summed E-state index contributed by atoms with van der Waals surface area (Å²) in [5, 5.41) is 8.78. The normalized spacial score (nSPS) is 14.9. The van der Waals surface area contributed by atoms with E-state index in [1.807, 2.05) is 6.92 Å². The molecule has 0 heterocycles. The van der Waals surface area contributed by atoms with Gasteiger partial charge in [-0.05, 0) is 19.3 Å². The van der Waals surface area contributed by atoms with E-state index in [4.69, 9.17) is 0 Å². The van der Waals surface area contributed by atoms with Gasteiger partial charge in [-0.25, -0.2) is 8.42 Å². The molecule has 0 bridgehead atoms. The predicted octanol–water partition coefficient (Wildman–Crippen LogP) is -0.574. The average molecular weight is 304 g/mol. The third-order valence-electron chi connectivity index (χ3n) is 2.94. The first-order chi connectivity index (χ1) is 7.91. The molecule has 0 rings (SSSR count). The SMILES string of the molecule is CCCCCCC(O)CC(CCC)S(=O)(=O)[O-].[K+]. The minimum absolute atomic E-state index is 0. The quantitative estimate of drug-likeness (QED) is 0.333. The van der Waals surface area contributed by atoms with Crippen LogP contribution in [0.25, 0.3) is 0 Å². The van der Waals surface area contributed by atoms with Crippen molar-refractivity contribution in [2.45, 2.75) is 76.6 Å². The fraction of sp³-hybridized carbons (Fsp3) is 1.00. The van der Waals surface area contributed by atoms with Crippen LogP contribution in [0.4, 0.5) is 0 Å². The number of aliphatic hydroxyl groups is 1. The second kappa shape index (κ2) is 12.3. The molecule has 0 aliphatic rings. The third kappa shape index (κ3) is 11.3. The molecular formula is C12H25KO4S. The van der Waals surface area contributed by atoms with Gasteiger partial charge in [0.25, 0.3) is 0 Å². The van der Waals surface area contributed by atoms with Gasteiger partial charge in [0.05, 0.1) is 21.5 Å². The van der Waals surface area contributed by atoms with E-state index in [1.54, 1.807) is 0 Å². The van der Waals surface area contributed by atoms with E-state index >= 15 is 0 Å². The first kappa shape index (κ1) is 21.8. The molecule has 0 aromatic carbocycles. The Morgan fingerprint density at radius 2 is 1.67 bits per heavy atom. The van der Waals surface area contributed by atoms with Crippen LogP contribution in [0.3, 0.4) is 0 Å². The molecule has 0 aliphatic carbocycles. The Labute approximate surface area is 154 Å². The first-order valence-electron chi connectivity index (χ1n) is 6.54. The summed E-state index contributed by atoms with van der Waals surface area (Å²) in [5.41, 5.74) is 0. The standard InChI is InChI=1S/C12H26O4S.K/c1-3-5-6-7-9-11(13)10-12(8-4-2)17(14,15)16;/h11-13H,3-10H2,1-2H3,(H,14,15,16);/q;+1/p-1. The summed E-state index contributed by atoms with van der Waals surface area (Å²) >= 11 is 0. The third-order valence-corrected chi connectivity index (χ3v) is 4.19. The maximum absolute atomic E-state index is 11.0. The molecule has 4 nitrogen and oxygen atoms in total. The largest absolute Gasteiger partial charge is 1.00 e. The Hall–Kier alpha value is 1.51. The number of rotatable bonds is 10. The van der Waals surface area contributed by atoms with Crippen molar-refractivity contribution in [3.05, 3.63) is 0 Å². The Morgan fingerprint density at radius 1 is 1.06 bits per heavy atom. The first-order valence-corrected chi connectivity index (χ1v) is 8.01. The maximum Gasteiger partial charge on any atom is 1.00 e. The van der Waals surface area contributed by atoms with Crippen LogP contribution in [0.2, 0.25) is 0 Å². The Morgan fingerprint density at radius 3 is 2.11 bits per heavy atom. The van der Waals surface area contributed by atoms with Crippen LogP contribution in [-0.2, 0) is 10.1 Å². The fourth-order valence-electron chi connectivity index (χ4n) is 1.93. The minimum Gasteiger partial charge on any atom is -0.748 e. The molecular weight excluding hydrogens is 279 g/mol. The topological polar surface area (TPSA) is 77.4 Å². The van der Waals surface area contributed by atoms with Gasteiger partial charge in [-0.15, -0.1) is 0 Å². The summed E-state index contributed by atoms with van der Waals surface area (Å²) < 4.78 is 32.9. The van der Waals surface area contributed by atoms with Crippen molar-refractivity contribution in [3.63, 3.8) is 0 Å². The average Bonchev–Trinajstić information content (AvgIpc) is 2.22. The van der Waals surface area contributed by atoms with Crippen molar-refractivity contribution >= 4 is 10.1 Å². The Bertz CT molecular complexity index is 280. The van der Waals surface area contributed by atoms with Crippen molar-refractivity contribution in [3.8, 4) is 0 Å². The second-order valence-corrected chi connectivity index (χ2v) is 6.29. The van der Waals surface area contributed by atoms with E-state index in [-0.39, 0.29) is 57.8 Å². The van der Waals surface area contributed by atoms with E-state index in [9.17, 15) is 18.1 Å². The minimum atomic E-state index is -4.27. The van der Waals surface area contributed by atoms with Gasteiger partial charge >= 0.3 is 51.4 Å². The Balaban J connectivity index is 0. The van der Waals surface area contributed by atoms with E-state index in [0.717, 1.165) is 25.7 Å². The number of unbranched alkanes of at least 4 members (excludes halogenated alkanes) is 3. The summed E-state index contributed by atoms with van der Waals surface area (Å²) in [6, 6.07) is 0.